The molecule has 3 aromatic carbocycles. The number of terminal acetylenes is 1. The van der Waals surface area contributed by atoms with E-state index in [0.29, 0.717) is 0 Å². The highest BCUT2D eigenvalue weighted by atomic mass is 14.2. The summed E-state index contributed by atoms with van der Waals surface area (Å²) in [7, 11) is 0. The minimum atomic E-state index is 0.0374. The molecule has 0 nitrogen and oxygen atoms in total. The molecule has 1 saturated carbocycles. The van der Waals surface area contributed by atoms with E-state index in [1.165, 1.54) is 82.7 Å². The molecule has 0 amide bonds. The van der Waals surface area contributed by atoms with Gasteiger partial charge in [0.2, 0.25) is 0 Å². The van der Waals surface area contributed by atoms with E-state index in [1.54, 1.807) is 0 Å². The lowest BCUT2D eigenvalue weighted by atomic mass is 9.82. The average Bonchev–Trinajstić information content (AvgIpc) is 3.41. The molecule has 3 aromatic rings. The van der Waals surface area contributed by atoms with E-state index in [9.17, 15) is 0 Å². The van der Waals surface area contributed by atoms with Crippen LogP contribution in [-0.4, -0.2) is 0 Å². The second-order valence-electron chi connectivity index (χ2n) is 13.1. The Labute approximate surface area is 238 Å². The van der Waals surface area contributed by atoms with Crippen molar-refractivity contribution in [3.05, 3.63) is 106 Å². The number of hydrogen-bond acceptors (Lipinski definition) is 0. The highest BCUT2D eigenvalue weighted by molar-refractivity contribution is 5.87. The summed E-state index contributed by atoms with van der Waals surface area (Å²) in [5.41, 5.74) is 9.11. The highest BCUT2D eigenvalue weighted by Gasteiger charge is 2.19. The fourth-order valence-corrected chi connectivity index (χ4v) is 6.15. The van der Waals surface area contributed by atoms with Gasteiger partial charge in [-0.3, -0.25) is 0 Å². The van der Waals surface area contributed by atoms with E-state index in [0.717, 1.165) is 36.7 Å². The zero-order valence-electron chi connectivity index (χ0n) is 25.1. The number of benzene rings is 3. The zero-order valence-corrected chi connectivity index (χ0v) is 25.1. The molecule has 0 spiro atoms. The highest BCUT2D eigenvalue weighted by Crippen LogP contribution is 2.33. The largest absolute Gasteiger partial charge is 0.115 e. The van der Waals surface area contributed by atoms with Gasteiger partial charge in [-0.05, 0) is 87.6 Å². The second-order valence-corrected chi connectivity index (χ2v) is 13.1. The van der Waals surface area contributed by atoms with Gasteiger partial charge in [-0.1, -0.05) is 139 Å². The van der Waals surface area contributed by atoms with Gasteiger partial charge in [0.1, 0.15) is 0 Å². The molecule has 0 aliphatic heterocycles. The summed E-state index contributed by atoms with van der Waals surface area (Å²) in [6, 6.07) is 18.5. The zero-order chi connectivity index (χ0) is 28.0. The van der Waals surface area contributed by atoms with Crippen molar-refractivity contribution in [1.82, 2.24) is 0 Å². The molecule has 0 saturated heterocycles. The van der Waals surface area contributed by atoms with Crippen LogP contribution in [0.15, 0.2) is 72.8 Å². The Bertz CT molecular complexity index is 1360. The Kier molecular flexibility index (Phi) is 9.56. The van der Waals surface area contributed by atoms with Crippen molar-refractivity contribution in [2.75, 3.05) is 0 Å². The fraction of sp³-hybridized carbons (Fsp3) is 0.436. The van der Waals surface area contributed by atoms with Gasteiger partial charge in [0, 0.05) is 5.56 Å². The first-order chi connectivity index (χ1) is 18.7. The lowest BCUT2D eigenvalue weighted by Crippen LogP contribution is -2.13. The van der Waals surface area contributed by atoms with Crippen molar-refractivity contribution in [2.45, 2.75) is 97.8 Å². The van der Waals surface area contributed by atoms with Crippen LogP contribution in [0.5, 0.6) is 0 Å². The van der Waals surface area contributed by atoms with Crippen molar-refractivity contribution in [3.8, 4) is 12.3 Å². The van der Waals surface area contributed by atoms with Crippen LogP contribution in [0.1, 0.15) is 107 Å². The monoisotopic (exact) mass is 516 g/mol. The molecule has 0 radical (unpaired) electrons. The summed E-state index contributed by atoms with van der Waals surface area (Å²) in [6.45, 7) is 15.7. The van der Waals surface area contributed by atoms with Crippen LogP contribution in [0.3, 0.4) is 0 Å². The normalized spacial score (nSPS) is 15.2. The summed E-state index contributed by atoms with van der Waals surface area (Å²) in [6.07, 6.45) is 21.4. The number of rotatable bonds is 10. The average molecular weight is 517 g/mol. The molecule has 1 aliphatic rings. The predicted molar refractivity (Wildman–Crippen MR) is 172 cm³/mol. The third-order valence-electron chi connectivity index (χ3n) is 8.72. The summed E-state index contributed by atoms with van der Waals surface area (Å²) in [5, 5.41) is 2.71. The Hall–Kier alpha value is -3.04. The lowest BCUT2D eigenvalue weighted by molar-refractivity contribution is 0.545. The molecule has 1 fully saturated rings. The molecule has 4 rings (SSSR count). The standard InChI is InChI=1S/C39H48/c1-8-28(3)14-12-15-29(4)22-35-27-37-33(25-31-20-21-38(39(5,6)7)32(9-2)24-31)18-13-19-34(37)26-36(35)23-30-16-10-11-17-30/h2,12-13,15,18-21,24,26-28,30H,4,8,10-11,14,16-17,22-23,25H2,1,3,5-7H3/b15-12+. The molecule has 0 heterocycles. The van der Waals surface area contributed by atoms with E-state index < -0.39 is 0 Å². The fourth-order valence-electron chi connectivity index (χ4n) is 6.15. The molecule has 1 atom stereocenters. The van der Waals surface area contributed by atoms with Crippen LogP contribution >= 0.6 is 0 Å². The van der Waals surface area contributed by atoms with Gasteiger partial charge in [0.15, 0.2) is 0 Å². The van der Waals surface area contributed by atoms with Gasteiger partial charge in [-0.2, -0.15) is 0 Å². The van der Waals surface area contributed by atoms with Crippen molar-refractivity contribution < 1.29 is 0 Å². The Balaban J connectivity index is 1.68. The molecular formula is C39H48. The minimum absolute atomic E-state index is 0.0374. The van der Waals surface area contributed by atoms with E-state index >= 15 is 0 Å². The van der Waals surface area contributed by atoms with Gasteiger partial charge < -0.3 is 0 Å². The first-order valence-electron chi connectivity index (χ1n) is 15.2. The van der Waals surface area contributed by atoms with Crippen LogP contribution < -0.4 is 0 Å². The van der Waals surface area contributed by atoms with Crippen LogP contribution in [0.2, 0.25) is 0 Å². The quantitative estimate of drug-likeness (QED) is 0.186. The van der Waals surface area contributed by atoms with Crippen molar-refractivity contribution >= 4 is 10.8 Å². The summed E-state index contributed by atoms with van der Waals surface area (Å²) < 4.78 is 0. The maximum atomic E-state index is 5.95. The molecule has 0 bridgehead atoms. The maximum Gasteiger partial charge on any atom is 0.0282 e. The Morgan fingerprint density at radius 2 is 1.82 bits per heavy atom. The van der Waals surface area contributed by atoms with Gasteiger partial charge >= 0.3 is 0 Å². The first-order valence-corrected chi connectivity index (χ1v) is 15.2. The van der Waals surface area contributed by atoms with E-state index in [1.807, 2.05) is 0 Å². The third-order valence-corrected chi connectivity index (χ3v) is 8.72. The SMILES string of the molecule is C#Cc1cc(Cc2cccc3cc(CC4CCCC4)c(CC(=C)/C=C/CC(C)CC)cc23)ccc1C(C)(C)C. The van der Waals surface area contributed by atoms with Crippen LogP contribution in [-0.2, 0) is 24.7 Å². The number of hydrogen-bond donors (Lipinski definition) is 0. The maximum absolute atomic E-state index is 5.95. The Morgan fingerprint density at radius 3 is 2.51 bits per heavy atom. The van der Waals surface area contributed by atoms with Crippen molar-refractivity contribution in [3.63, 3.8) is 0 Å². The molecule has 0 N–H and O–H groups in total. The Morgan fingerprint density at radius 1 is 1.05 bits per heavy atom. The molecule has 204 valence electrons. The molecule has 1 aliphatic carbocycles. The molecule has 39 heavy (non-hydrogen) atoms. The molecule has 0 heteroatoms. The van der Waals surface area contributed by atoms with Gasteiger partial charge in [-0.15, -0.1) is 6.42 Å². The topological polar surface area (TPSA) is 0 Å². The lowest BCUT2D eigenvalue weighted by Gasteiger charge is -2.22. The van der Waals surface area contributed by atoms with Crippen LogP contribution in [0.4, 0.5) is 0 Å². The smallest absolute Gasteiger partial charge is 0.0282 e. The number of allylic oxidation sites excluding steroid dienone is 3. The van der Waals surface area contributed by atoms with Gasteiger partial charge in [-0.25, -0.2) is 0 Å². The minimum Gasteiger partial charge on any atom is -0.115 e. The van der Waals surface area contributed by atoms with Crippen LogP contribution in [0, 0.1) is 24.2 Å². The molecule has 0 aromatic heterocycles. The third kappa shape index (κ3) is 7.54. The first kappa shape index (κ1) is 29.0. The van der Waals surface area contributed by atoms with Gasteiger partial charge in [0.05, 0.1) is 0 Å². The summed E-state index contributed by atoms with van der Waals surface area (Å²) >= 11 is 0. The van der Waals surface area contributed by atoms with Crippen molar-refractivity contribution in [2.24, 2.45) is 11.8 Å². The van der Waals surface area contributed by atoms with Crippen LogP contribution in [0.25, 0.3) is 10.8 Å². The second kappa shape index (κ2) is 12.9. The summed E-state index contributed by atoms with van der Waals surface area (Å²) in [4.78, 5) is 0. The van der Waals surface area contributed by atoms with E-state index in [2.05, 4.69) is 108 Å². The van der Waals surface area contributed by atoms with E-state index in [-0.39, 0.29) is 5.41 Å². The van der Waals surface area contributed by atoms with E-state index in [4.69, 9.17) is 6.42 Å². The summed E-state index contributed by atoms with van der Waals surface area (Å²) in [5.74, 6) is 4.50. The molecular weight excluding hydrogens is 468 g/mol. The predicted octanol–water partition coefficient (Wildman–Crippen LogP) is 10.5. The van der Waals surface area contributed by atoms with Crippen molar-refractivity contribution in [1.29, 1.82) is 0 Å². The van der Waals surface area contributed by atoms with Gasteiger partial charge in [0.25, 0.3) is 0 Å². The number of fused-ring (bicyclic) bond motifs is 1. The molecule has 1 unspecified atom stereocenters.